The zero-order valence-corrected chi connectivity index (χ0v) is 17.0. The van der Waals surface area contributed by atoms with Gasteiger partial charge in [0.15, 0.2) is 11.5 Å². The number of anilines is 1. The van der Waals surface area contributed by atoms with E-state index in [1.807, 2.05) is 12.1 Å². The molecule has 5 nitrogen and oxygen atoms in total. The van der Waals surface area contributed by atoms with Gasteiger partial charge >= 0.3 is 0 Å². The van der Waals surface area contributed by atoms with Crippen molar-refractivity contribution in [1.82, 2.24) is 0 Å². The number of rotatable bonds is 7. The number of carbonyl (C=O) groups excluding carboxylic acids is 1. The number of carbonyl (C=O) groups is 1. The van der Waals surface area contributed by atoms with Crippen molar-refractivity contribution in [2.24, 2.45) is 0 Å². The maximum atomic E-state index is 13.3. The average molecular weight is 430 g/mol. The first-order valence-corrected chi connectivity index (χ1v) is 8.87. The topological polar surface area (TPSA) is 67.8 Å². The minimum absolute atomic E-state index is 0. The quantitative estimate of drug-likeness (QED) is 0.507. The van der Waals surface area contributed by atoms with Gasteiger partial charge in [-0.1, -0.05) is 30.3 Å². The molecule has 0 atom stereocenters. The Morgan fingerprint density at radius 3 is 2.63 bits per heavy atom. The number of ether oxygens (including phenoxy) is 2. The van der Waals surface area contributed by atoms with E-state index < -0.39 is 0 Å². The second-order valence-corrected chi connectivity index (χ2v) is 6.16. The first-order chi connectivity index (χ1) is 14.0. The van der Waals surface area contributed by atoms with Crippen LogP contribution in [0.4, 0.5) is 10.1 Å². The molecule has 3 aromatic carbocycles. The lowest BCUT2D eigenvalue weighted by Crippen LogP contribution is -2.10. The molecule has 0 unspecified atom stereocenters. The number of hydrogen-bond donors (Lipinski definition) is 2. The first kappa shape index (κ1) is 22.8. The van der Waals surface area contributed by atoms with Crippen LogP contribution in [0.3, 0.4) is 0 Å². The van der Waals surface area contributed by atoms with Gasteiger partial charge in [0, 0.05) is 23.4 Å². The predicted octanol–water partition coefficient (Wildman–Crippen LogP) is 5.19. The van der Waals surface area contributed by atoms with Crippen LogP contribution in [0, 0.1) is 5.82 Å². The summed E-state index contributed by atoms with van der Waals surface area (Å²) in [5, 5.41) is 12.6. The molecule has 7 heteroatoms. The molecular weight excluding hydrogens is 409 g/mol. The summed E-state index contributed by atoms with van der Waals surface area (Å²) >= 11 is 0. The first-order valence-electron chi connectivity index (χ1n) is 8.87. The van der Waals surface area contributed by atoms with Crippen LogP contribution < -0.4 is 14.8 Å². The van der Waals surface area contributed by atoms with Crippen LogP contribution in [-0.2, 0) is 11.4 Å². The lowest BCUT2D eigenvalue weighted by atomic mass is 10.1. The Kier molecular flexibility index (Phi) is 8.26. The van der Waals surface area contributed by atoms with E-state index in [4.69, 9.17) is 9.47 Å². The Bertz CT molecular complexity index is 1040. The van der Waals surface area contributed by atoms with Crippen LogP contribution in [0.25, 0.3) is 6.08 Å². The molecule has 0 radical (unpaired) electrons. The zero-order valence-electron chi connectivity index (χ0n) is 16.2. The number of methoxy groups -OCH3 is 1. The lowest BCUT2D eigenvalue weighted by molar-refractivity contribution is -0.111. The van der Waals surface area contributed by atoms with E-state index in [1.54, 1.807) is 42.5 Å². The number of hydrogen-bond acceptors (Lipinski definition) is 4. The number of halogens is 2. The van der Waals surface area contributed by atoms with Crippen molar-refractivity contribution in [2.45, 2.75) is 6.61 Å². The van der Waals surface area contributed by atoms with Gasteiger partial charge in [-0.15, -0.1) is 12.4 Å². The van der Waals surface area contributed by atoms with Crippen LogP contribution in [0.2, 0.25) is 0 Å². The molecule has 0 heterocycles. The van der Waals surface area contributed by atoms with Crippen molar-refractivity contribution in [1.29, 1.82) is 0 Å². The third-order valence-corrected chi connectivity index (χ3v) is 4.10. The van der Waals surface area contributed by atoms with Crippen molar-refractivity contribution in [2.75, 3.05) is 12.4 Å². The van der Waals surface area contributed by atoms with Crippen LogP contribution >= 0.6 is 12.4 Å². The van der Waals surface area contributed by atoms with E-state index in [-0.39, 0.29) is 36.5 Å². The van der Waals surface area contributed by atoms with Gasteiger partial charge in [0.05, 0.1) is 7.11 Å². The highest BCUT2D eigenvalue weighted by atomic mass is 35.5. The minimum atomic E-state index is -0.376. The van der Waals surface area contributed by atoms with E-state index in [9.17, 15) is 14.3 Å². The van der Waals surface area contributed by atoms with Crippen LogP contribution in [-0.4, -0.2) is 18.1 Å². The number of para-hydroxylation sites is 1. The van der Waals surface area contributed by atoms with Crippen LogP contribution in [0.5, 0.6) is 17.2 Å². The minimum Gasteiger partial charge on any atom is -0.504 e. The van der Waals surface area contributed by atoms with E-state index in [0.29, 0.717) is 22.7 Å². The highest BCUT2D eigenvalue weighted by Crippen LogP contribution is 2.26. The third kappa shape index (κ3) is 6.25. The molecule has 0 bridgehead atoms. The zero-order chi connectivity index (χ0) is 20.6. The van der Waals surface area contributed by atoms with E-state index in [1.165, 1.54) is 31.4 Å². The molecule has 0 aliphatic carbocycles. The second-order valence-electron chi connectivity index (χ2n) is 6.16. The maximum Gasteiger partial charge on any atom is 0.248 e. The fourth-order valence-corrected chi connectivity index (χ4v) is 2.64. The van der Waals surface area contributed by atoms with E-state index in [0.717, 1.165) is 5.56 Å². The van der Waals surface area contributed by atoms with E-state index >= 15 is 0 Å². The molecule has 0 spiro atoms. The van der Waals surface area contributed by atoms with Gasteiger partial charge in [-0.2, -0.15) is 0 Å². The van der Waals surface area contributed by atoms with Crippen molar-refractivity contribution in [3.63, 3.8) is 0 Å². The third-order valence-electron chi connectivity index (χ3n) is 4.10. The highest BCUT2D eigenvalue weighted by molar-refractivity contribution is 6.02. The molecule has 0 fully saturated rings. The number of phenols is 1. The molecule has 3 rings (SSSR count). The summed E-state index contributed by atoms with van der Waals surface area (Å²) in [4.78, 5) is 12.3. The number of aromatic hydroxyl groups is 1. The molecule has 3 aromatic rings. The fraction of sp³-hybridized carbons (Fsp3) is 0.0870. The van der Waals surface area contributed by atoms with Gasteiger partial charge in [0.1, 0.15) is 18.2 Å². The highest BCUT2D eigenvalue weighted by Gasteiger charge is 2.06. The fourth-order valence-electron chi connectivity index (χ4n) is 2.64. The largest absolute Gasteiger partial charge is 0.504 e. The Balaban J connectivity index is 0.00000320. The monoisotopic (exact) mass is 429 g/mol. The predicted molar refractivity (Wildman–Crippen MR) is 117 cm³/mol. The van der Waals surface area contributed by atoms with Crippen molar-refractivity contribution < 1.29 is 23.8 Å². The van der Waals surface area contributed by atoms with Crippen molar-refractivity contribution in [3.8, 4) is 17.2 Å². The van der Waals surface area contributed by atoms with E-state index in [2.05, 4.69) is 5.32 Å². The lowest BCUT2D eigenvalue weighted by Gasteiger charge is -2.11. The number of phenolic OH excluding ortho intramolecular Hbond substituents is 1. The Morgan fingerprint density at radius 2 is 1.90 bits per heavy atom. The van der Waals surface area contributed by atoms with Gasteiger partial charge < -0.3 is 19.9 Å². The SMILES string of the molecule is COc1ccc(/C=C/C(=O)Nc2ccccc2COc2cccc(F)c2)cc1O.Cl. The molecule has 1 amide bonds. The average Bonchev–Trinajstić information content (AvgIpc) is 2.72. The summed E-state index contributed by atoms with van der Waals surface area (Å²) in [6, 6.07) is 17.9. The summed E-state index contributed by atoms with van der Waals surface area (Å²) in [6.45, 7) is 0.177. The summed E-state index contributed by atoms with van der Waals surface area (Å²) in [6.07, 6.45) is 2.95. The summed E-state index contributed by atoms with van der Waals surface area (Å²) in [7, 11) is 1.47. The van der Waals surface area contributed by atoms with Gasteiger partial charge in [0.2, 0.25) is 5.91 Å². The molecule has 0 aliphatic rings. The van der Waals surface area contributed by atoms with Gasteiger partial charge in [-0.3, -0.25) is 4.79 Å². The van der Waals surface area contributed by atoms with Gasteiger partial charge in [0.25, 0.3) is 0 Å². The summed E-state index contributed by atoms with van der Waals surface area (Å²) in [5.41, 5.74) is 2.00. The van der Waals surface area contributed by atoms with Crippen LogP contribution in [0.15, 0.2) is 72.8 Å². The Morgan fingerprint density at radius 1 is 1.10 bits per heavy atom. The maximum absolute atomic E-state index is 13.3. The number of benzene rings is 3. The van der Waals surface area contributed by atoms with Crippen molar-refractivity contribution in [3.05, 3.63) is 89.8 Å². The van der Waals surface area contributed by atoms with Gasteiger partial charge in [-0.25, -0.2) is 4.39 Å². The molecule has 30 heavy (non-hydrogen) atoms. The number of amides is 1. The molecule has 0 saturated carbocycles. The molecule has 0 aromatic heterocycles. The smallest absolute Gasteiger partial charge is 0.248 e. The second kappa shape index (κ2) is 10.9. The van der Waals surface area contributed by atoms with Gasteiger partial charge in [-0.05, 0) is 42.0 Å². The standard InChI is InChI=1S/C23H20FNO4.ClH/c1-28-22-11-9-16(13-21(22)26)10-12-23(27)25-20-8-3-2-5-17(20)15-29-19-7-4-6-18(24)14-19;/h2-14,26H,15H2,1H3,(H,25,27);1H/b12-10+;. The molecular formula is C23H21ClFNO4. The Labute approximate surface area is 180 Å². The Hall–Kier alpha value is -3.51. The normalized spacial score (nSPS) is 10.3. The number of nitrogens with one attached hydrogen (secondary N) is 1. The summed E-state index contributed by atoms with van der Waals surface area (Å²) in [5.74, 6) is 0.0522. The van der Waals surface area contributed by atoms with Crippen LogP contribution in [0.1, 0.15) is 11.1 Å². The summed E-state index contributed by atoms with van der Waals surface area (Å²) < 4.78 is 23.9. The molecule has 0 saturated heterocycles. The van der Waals surface area contributed by atoms with Crippen molar-refractivity contribution >= 4 is 30.1 Å². The molecule has 2 N–H and O–H groups in total. The molecule has 0 aliphatic heterocycles. The molecule has 156 valence electrons.